The number of rotatable bonds is 2. The van der Waals surface area contributed by atoms with Crippen LogP contribution in [0.4, 0.5) is 0 Å². The largest absolute Gasteiger partial charge is 0.389 e. The van der Waals surface area contributed by atoms with Gasteiger partial charge in [-0.25, -0.2) is 0 Å². The summed E-state index contributed by atoms with van der Waals surface area (Å²) >= 11 is 0. The van der Waals surface area contributed by atoms with Crippen LogP contribution in [-0.2, 0) is 0 Å². The molecule has 12 heavy (non-hydrogen) atoms. The molecule has 0 amide bonds. The molecule has 0 radical (unpaired) electrons. The summed E-state index contributed by atoms with van der Waals surface area (Å²) in [6.45, 7) is 7.25. The lowest BCUT2D eigenvalue weighted by Crippen LogP contribution is -2.18. The summed E-state index contributed by atoms with van der Waals surface area (Å²) in [4.78, 5) is 0. The van der Waals surface area contributed by atoms with Crippen LogP contribution >= 0.6 is 0 Å². The normalized spacial score (nSPS) is 15.2. The maximum Gasteiger partial charge on any atom is 0.0255 e. The van der Waals surface area contributed by atoms with Gasteiger partial charge in [0.25, 0.3) is 0 Å². The highest BCUT2D eigenvalue weighted by Gasteiger charge is 2.11. The summed E-state index contributed by atoms with van der Waals surface area (Å²) in [7, 11) is 0. The van der Waals surface area contributed by atoms with Crippen molar-refractivity contribution in [3.8, 4) is 11.8 Å². The third-order valence-corrected chi connectivity index (χ3v) is 1.96. The molecule has 1 nitrogen and oxygen atoms in total. The Balaban J connectivity index is 0.000000261. The Labute approximate surface area is 76.2 Å². The number of hydrogen-bond acceptors (Lipinski definition) is 1. The van der Waals surface area contributed by atoms with E-state index in [1.165, 1.54) is 25.7 Å². The molecule has 1 aliphatic rings. The van der Waals surface area contributed by atoms with E-state index in [2.05, 4.69) is 23.7 Å². The molecule has 0 saturated heterocycles. The summed E-state index contributed by atoms with van der Waals surface area (Å²) in [5, 5.41) is 3.21. The predicted octanol–water partition coefficient (Wildman–Crippen LogP) is 2.69. The maximum absolute atomic E-state index is 3.61. The van der Waals surface area contributed by atoms with Gasteiger partial charge in [-0.2, -0.15) is 0 Å². The molecule has 0 aromatic rings. The molecule has 0 spiro atoms. The Kier molecular flexibility index (Phi) is 7.58. The van der Waals surface area contributed by atoms with Crippen molar-refractivity contribution in [1.29, 1.82) is 0 Å². The first kappa shape index (κ1) is 11.1. The molecule has 68 valence electrons. The van der Waals surface area contributed by atoms with Gasteiger partial charge in [0.15, 0.2) is 0 Å². The Morgan fingerprint density at radius 2 is 1.75 bits per heavy atom. The van der Waals surface area contributed by atoms with Crippen LogP contribution in [0, 0.1) is 11.8 Å². The van der Waals surface area contributed by atoms with Crippen LogP contribution in [-0.4, -0.2) is 6.04 Å². The van der Waals surface area contributed by atoms with Crippen molar-refractivity contribution >= 4 is 0 Å². The lowest BCUT2D eigenvalue weighted by atomic mass is 10.3. The van der Waals surface area contributed by atoms with E-state index in [1.807, 2.05) is 13.8 Å². The van der Waals surface area contributed by atoms with Gasteiger partial charge in [-0.3, -0.25) is 0 Å². The zero-order valence-electron chi connectivity index (χ0n) is 8.19. The molecule has 0 heterocycles. The molecule has 0 unspecified atom stereocenters. The molecule has 1 N–H and O–H groups in total. The quantitative estimate of drug-likeness (QED) is 0.620. The first-order chi connectivity index (χ1) is 5.85. The topological polar surface area (TPSA) is 12.0 Å². The SMILES string of the molecule is C=CNC1CCCC1.CC#CC. The lowest BCUT2D eigenvalue weighted by Gasteiger charge is -2.06. The number of hydrogen-bond donors (Lipinski definition) is 1. The van der Waals surface area contributed by atoms with Crippen molar-refractivity contribution < 1.29 is 0 Å². The summed E-state index contributed by atoms with van der Waals surface area (Å²) in [6, 6.07) is 0.743. The van der Waals surface area contributed by atoms with E-state index < -0.39 is 0 Å². The van der Waals surface area contributed by atoms with Crippen molar-refractivity contribution in [2.75, 3.05) is 0 Å². The second kappa shape index (κ2) is 8.20. The van der Waals surface area contributed by atoms with E-state index in [0.717, 1.165) is 6.04 Å². The third kappa shape index (κ3) is 5.85. The Bertz CT molecular complexity index is 150. The lowest BCUT2D eigenvalue weighted by molar-refractivity contribution is 0.608. The fourth-order valence-electron chi connectivity index (χ4n) is 1.26. The molecule has 0 atom stereocenters. The van der Waals surface area contributed by atoms with Crippen molar-refractivity contribution in [2.45, 2.75) is 45.6 Å². The van der Waals surface area contributed by atoms with Gasteiger partial charge in [-0.05, 0) is 32.9 Å². The number of nitrogens with one attached hydrogen (secondary N) is 1. The summed E-state index contributed by atoms with van der Waals surface area (Å²) in [5.74, 6) is 5.36. The second-order valence-corrected chi connectivity index (χ2v) is 2.85. The van der Waals surface area contributed by atoms with Gasteiger partial charge in [-0.15, -0.1) is 11.8 Å². The highest BCUT2D eigenvalue weighted by Crippen LogP contribution is 2.17. The molecule has 1 fully saturated rings. The van der Waals surface area contributed by atoms with Crippen LogP contribution < -0.4 is 5.32 Å². The Morgan fingerprint density at radius 1 is 1.25 bits per heavy atom. The first-order valence-corrected chi connectivity index (χ1v) is 4.55. The monoisotopic (exact) mass is 165 g/mol. The van der Waals surface area contributed by atoms with Gasteiger partial charge in [0.05, 0.1) is 0 Å². The third-order valence-electron chi connectivity index (χ3n) is 1.96. The molecule has 0 aliphatic heterocycles. The summed E-state index contributed by atoms with van der Waals surface area (Å²) < 4.78 is 0. The smallest absolute Gasteiger partial charge is 0.0255 e. The minimum Gasteiger partial charge on any atom is -0.389 e. The standard InChI is InChI=1S/C7H13N.C4H6/c1-2-8-7-5-3-4-6-7;1-3-4-2/h2,7-8H,1,3-6H2;1-2H3. The van der Waals surface area contributed by atoms with Crippen LogP contribution in [0.2, 0.25) is 0 Å². The van der Waals surface area contributed by atoms with Crippen LogP contribution in [0.5, 0.6) is 0 Å². The van der Waals surface area contributed by atoms with Crippen molar-refractivity contribution in [3.63, 3.8) is 0 Å². The molecule has 1 aliphatic carbocycles. The zero-order chi connectivity index (χ0) is 9.23. The maximum atomic E-state index is 3.61. The van der Waals surface area contributed by atoms with Crippen molar-refractivity contribution in [3.05, 3.63) is 12.8 Å². The first-order valence-electron chi connectivity index (χ1n) is 4.55. The van der Waals surface area contributed by atoms with Gasteiger partial charge < -0.3 is 5.32 Å². The van der Waals surface area contributed by atoms with E-state index in [0.29, 0.717) is 0 Å². The van der Waals surface area contributed by atoms with E-state index in [9.17, 15) is 0 Å². The van der Waals surface area contributed by atoms with Crippen LogP contribution in [0.1, 0.15) is 39.5 Å². The van der Waals surface area contributed by atoms with Gasteiger partial charge >= 0.3 is 0 Å². The fraction of sp³-hybridized carbons (Fsp3) is 0.636. The van der Waals surface area contributed by atoms with Crippen molar-refractivity contribution in [1.82, 2.24) is 5.32 Å². The van der Waals surface area contributed by atoms with Gasteiger partial charge in [0.2, 0.25) is 0 Å². The molecule has 0 aromatic heterocycles. The van der Waals surface area contributed by atoms with Crippen molar-refractivity contribution in [2.24, 2.45) is 0 Å². The second-order valence-electron chi connectivity index (χ2n) is 2.85. The van der Waals surface area contributed by atoms with Gasteiger partial charge in [0, 0.05) is 6.04 Å². The molecule has 1 rings (SSSR count). The van der Waals surface area contributed by atoms with Gasteiger partial charge in [0.1, 0.15) is 0 Å². The summed E-state index contributed by atoms with van der Waals surface area (Å²) in [5.41, 5.74) is 0. The minimum atomic E-state index is 0.743. The average Bonchev–Trinajstić information content (AvgIpc) is 2.58. The molecular weight excluding hydrogens is 146 g/mol. The van der Waals surface area contributed by atoms with Crippen LogP contribution in [0.25, 0.3) is 0 Å². The van der Waals surface area contributed by atoms with E-state index in [1.54, 1.807) is 6.20 Å². The molecule has 1 saturated carbocycles. The molecular formula is C11H19N. The molecule has 0 aromatic carbocycles. The average molecular weight is 165 g/mol. The molecule has 0 bridgehead atoms. The van der Waals surface area contributed by atoms with E-state index >= 15 is 0 Å². The Hall–Kier alpha value is -0.900. The fourth-order valence-corrected chi connectivity index (χ4v) is 1.26. The van der Waals surface area contributed by atoms with E-state index in [4.69, 9.17) is 0 Å². The highest BCUT2D eigenvalue weighted by atomic mass is 14.9. The zero-order valence-corrected chi connectivity index (χ0v) is 8.19. The predicted molar refractivity (Wildman–Crippen MR) is 54.7 cm³/mol. The summed E-state index contributed by atoms with van der Waals surface area (Å²) in [6.07, 6.45) is 7.27. The Morgan fingerprint density at radius 3 is 2.08 bits per heavy atom. The minimum absolute atomic E-state index is 0.743. The van der Waals surface area contributed by atoms with Crippen LogP contribution in [0.15, 0.2) is 12.8 Å². The molecule has 1 heteroatoms. The van der Waals surface area contributed by atoms with E-state index in [-0.39, 0.29) is 0 Å². The highest BCUT2D eigenvalue weighted by molar-refractivity contribution is 4.89. The van der Waals surface area contributed by atoms with Crippen LogP contribution in [0.3, 0.4) is 0 Å². The van der Waals surface area contributed by atoms with Gasteiger partial charge in [-0.1, -0.05) is 19.4 Å².